The molecular weight excluding hydrogens is 246 g/mol. The monoisotopic (exact) mass is 247 g/mol. The Morgan fingerprint density at radius 1 is 1.38 bits per heavy atom. The van der Waals surface area contributed by atoms with Gasteiger partial charge in [0.15, 0.2) is 0 Å². The standard InChI is InChI=1S/CBr2O.CH3NO2/c2*2-1(3)4/h;2H2,(H,3,4). The molecule has 0 saturated carbocycles. The first-order valence-electron chi connectivity index (χ1n) is 1.30. The highest BCUT2D eigenvalue weighted by molar-refractivity contribution is 9.39. The molecule has 0 fully saturated rings. The fraction of sp³-hybridized carbons (Fsp3) is 0. The summed E-state index contributed by atoms with van der Waals surface area (Å²) in [7, 11) is 0. The molecule has 8 heavy (non-hydrogen) atoms. The summed E-state index contributed by atoms with van der Waals surface area (Å²) < 4.78 is -0.208. The minimum absolute atomic E-state index is 0.208. The van der Waals surface area contributed by atoms with E-state index in [1.54, 1.807) is 0 Å². The van der Waals surface area contributed by atoms with Crippen LogP contribution in [0.4, 0.5) is 9.59 Å². The van der Waals surface area contributed by atoms with Crippen LogP contribution in [0.1, 0.15) is 0 Å². The molecule has 0 heterocycles. The number of rotatable bonds is 0. The number of hydrogen-bond donors (Lipinski definition) is 2. The van der Waals surface area contributed by atoms with Crippen molar-refractivity contribution in [3.05, 3.63) is 0 Å². The number of halogens is 2. The lowest BCUT2D eigenvalue weighted by Gasteiger charge is -1.61. The quantitative estimate of drug-likeness (QED) is 0.638. The molecule has 0 saturated heterocycles. The van der Waals surface area contributed by atoms with Gasteiger partial charge < -0.3 is 10.8 Å². The van der Waals surface area contributed by atoms with E-state index >= 15 is 0 Å². The summed E-state index contributed by atoms with van der Waals surface area (Å²) in [4.78, 5) is 18.1. The third-order valence-electron chi connectivity index (χ3n) is 0. The van der Waals surface area contributed by atoms with Crippen LogP contribution in [0.2, 0.25) is 0 Å². The summed E-state index contributed by atoms with van der Waals surface area (Å²) in [5.41, 5.74) is 4.03. The van der Waals surface area contributed by atoms with Gasteiger partial charge in [0, 0.05) is 31.9 Å². The van der Waals surface area contributed by atoms with Gasteiger partial charge in [0.1, 0.15) is 0 Å². The summed E-state index contributed by atoms with van der Waals surface area (Å²) >= 11 is 5.10. The lowest BCUT2D eigenvalue weighted by atomic mass is 11.3. The predicted molar refractivity (Wildman–Crippen MR) is 35.5 cm³/mol. The third kappa shape index (κ3) is 14200. The summed E-state index contributed by atoms with van der Waals surface area (Å²) in [5.74, 6) is 0. The van der Waals surface area contributed by atoms with E-state index in [0.717, 1.165) is 0 Å². The average Bonchev–Trinajstić information content (AvgIpc) is 1.25. The van der Waals surface area contributed by atoms with Gasteiger partial charge in [-0.3, -0.25) is 4.79 Å². The molecule has 0 spiro atoms. The van der Waals surface area contributed by atoms with E-state index in [0.29, 0.717) is 0 Å². The van der Waals surface area contributed by atoms with Crippen molar-refractivity contribution in [2.45, 2.75) is 0 Å². The Kier molecular flexibility index (Phi) is 9.32. The molecule has 0 bridgehead atoms. The van der Waals surface area contributed by atoms with Crippen LogP contribution in [-0.4, -0.2) is 14.8 Å². The van der Waals surface area contributed by atoms with E-state index in [9.17, 15) is 4.79 Å². The summed E-state index contributed by atoms with van der Waals surface area (Å²) in [6.07, 6.45) is -1.33. The van der Waals surface area contributed by atoms with Gasteiger partial charge in [0.05, 0.1) is 0 Å². The van der Waals surface area contributed by atoms with E-state index in [1.165, 1.54) is 0 Å². The molecule has 0 aromatic carbocycles. The molecule has 0 atom stereocenters. The van der Waals surface area contributed by atoms with Crippen molar-refractivity contribution in [2.24, 2.45) is 5.73 Å². The Balaban J connectivity index is 0. The van der Waals surface area contributed by atoms with Crippen molar-refractivity contribution in [3.8, 4) is 0 Å². The van der Waals surface area contributed by atoms with Crippen LogP contribution in [0.25, 0.3) is 0 Å². The van der Waals surface area contributed by atoms with Crippen LogP contribution in [0.15, 0.2) is 0 Å². The zero-order valence-electron chi connectivity index (χ0n) is 3.60. The molecule has 0 aromatic heterocycles. The van der Waals surface area contributed by atoms with Crippen LogP contribution in [0, 0.1) is 0 Å². The summed E-state index contributed by atoms with van der Waals surface area (Å²) in [6, 6.07) is 0. The molecule has 0 aliphatic carbocycles. The Labute approximate surface area is 62.3 Å². The largest absolute Gasteiger partial charge is 0.465 e. The minimum Gasteiger partial charge on any atom is -0.465 e. The molecular formula is C2H3Br2NO3. The summed E-state index contributed by atoms with van der Waals surface area (Å²) in [5, 5.41) is 7.19. The van der Waals surface area contributed by atoms with Crippen molar-refractivity contribution >= 4 is 41.6 Å². The minimum atomic E-state index is -1.33. The summed E-state index contributed by atoms with van der Waals surface area (Å²) in [6.45, 7) is 0. The fourth-order valence-electron chi connectivity index (χ4n) is 0. The van der Waals surface area contributed by atoms with Gasteiger partial charge >= 0.3 is 6.09 Å². The van der Waals surface area contributed by atoms with Gasteiger partial charge in [-0.1, -0.05) is 0 Å². The molecule has 0 aliphatic rings. The Hall–Kier alpha value is -0.100. The smallest absolute Gasteiger partial charge is 0.402 e. The van der Waals surface area contributed by atoms with Gasteiger partial charge in [-0.05, 0) is 0 Å². The second-order valence-corrected chi connectivity index (χ2v) is 3.07. The zero-order valence-corrected chi connectivity index (χ0v) is 6.77. The van der Waals surface area contributed by atoms with Gasteiger partial charge in [-0.2, -0.15) is 0 Å². The Morgan fingerprint density at radius 3 is 1.38 bits per heavy atom. The van der Waals surface area contributed by atoms with Gasteiger partial charge in [0.2, 0.25) is 0 Å². The van der Waals surface area contributed by atoms with Crippen LogP contribution >= 0.6 is 31.9 Å². The van der Waals surface area contributed by atoms with Crippen LogP contribution in [0.5, 0.6) is 0 Å². The van der Waals surface area contributed by atoms with Crippen LogP contribution in [-0.2, 0) is 0 Å². The first kappa shape index (κ1) is 10.8. The average molecular weight is 249 g/mol. The second-order valence-electron chi connectivity index (χ2n) is 0.564. The maximum atomic E-state index is 9.28. The number of hydrogen-bond acceptors (Lipinski definition) is 2. The first-order valence-corrected chi connectivity index (χ1v) is 2.88. The van der Waals surface area contributed by atoms with Crippen LogP contribution < -0.4 is 5.73 Å². The second kappa shape index (κ2) is 6.90. The maximum Gasteiger partial charge on any atom is 0.402 e. The SMILES string of the molecule is NC(=O)O.O=C(Br)Br. The lowest BCUT2D eigenvalue weighted by Crippen LogP contribution is -2.03. The number of carboxylic acid groups (broad SMARTS) is 1. The Morgan fingerprint density at radius 2 is 1.38 bits per heavy atom. The molecule has 4 nitrogen and oxygen atoms in total. The van der Waals surface area contributed by atoms with Crippen molar-refractivity contribution in [3.63, 3.8) is 0 Å². The molecule has 0 radical (unpaired) electrons. The highest BCUT2D eigenvalue weighted by atomic mass is 79.9. The normalized spacial score (nSPS) is 6.25. The van der Waals surface area contributed by atoms with E-state index < -0.39 is 6.09 Å². The molecule has 0 aromatic rings. The lowest BCUT2D eigenvalue weighted by molar-refractivity contribution is 0.205. The molecule has 3 N–H and O–H groups in total. The molecule has 6 heteroatoms. The number of amides is 1. The predicted octanol–water partition coefficient (Wildman–Crippen LogP) is 1.52. The van der Waals surface area contributed by atoms with E-state index in [-0.39, 0.29) is 3.60 Å². The maximum absolute atomic E-state index is 9.28. The van der Waals surface area contributed by atoms with Crippen LogP contribution in [0.3, 0.4) is 0 Å². The number of primary amides is 1. The molecule has 48 valence electrons. The highest BCUT2D eigenvalue weighted by Gasteiger charge is 1.70. The van der Waals surface area contributed by atoms with Crippen molar-refractivity contribution < 1.29 is 14.7 Å². The fourth-order valence-corrected chi connectivity index (χ4v) is 0. The molecule has 1 amide bonds. The van der Waals surface area contributed by atoms with Crippen molar-refractivity contribution in [1.29, 1.82) is 0 Å². The Bertz CT molecular complexity index is 73.3. The van der Waals surface area contributed by atoms with Gasteiger partial charge in [-0.25, -0.2) is 4.79 Å². The van der Waals surface area contributed by atoms with E-state index in [4.69, 9.17) is 9.90 Å². The topological polar surface area (TPSA) is 80.4 Å². The number of carbonyl (C=O) groups excluding carboxylic acids is 1. The molecule has 0 unspecified atom stereocenters. The highest BCUT2D eigenvalue weighted by Crippen LogP contribution is 1.93. The third-order valence-corrected chi connectivity index (χ3v) is 0. The molecule has 0 rings (SSSR count). The van der Waals surface area contributed by atoms with Crippen molar-refractivity contribution in [2.75, 3.05) is 0 Å². The van der Waals surface area contributed by atoms with Gasteiger partial charge in [-0.15, -0.1) is 0 Å². The first-order chi connectivity index (χ1) is 3.46. The van der Waals surface area contributed by atoms with E-state index in [1.807, 2.05) is 0 Å². The number of carbonyl (C=O) groups is 2. The number of nitrogens with two attached hydrogens (primary N) is 1. The van der Waals surface area contributed by atoms with Gasteiger partial charge in [0.25, 0.3) is 3.60 Å². The van der Waals surface area contributed by atoms with E-state index in [2.05, 4.69) is 37.6 Å². The molecule has 0 aliphatic heterocycles. The zero-order chi connectivity index (χ0) is 7.15. The van der Waals surface area contributed by atoms with Crippen molar-refractivity contribution in [1.82, 2.24) is 0 Å².